The van der Waals surface area contributed by atoms with Gasteiger partial charge >= 0.3 is 0 Å². The van der Waals surface area contributed by atoms with Crippen molar-refractivity contribution in [1.82, 2.24) is 5.32 Å². The Labute approximate surface area is 127 Å². The molecule has 0 saturated carbocycles. The number of nitrogens with one attached hydrogen (secondary N) is 1. The molecule has 0 bridgehead atoms. The van der Waals surface area contributed by atoms with Crippen LogP contribution in [-0.4, -0.2) is 6.54 Å². The quantitative estimate of drug-likeness (QED) is 0.752. The molecule has 20 heavy (non-hydrogen) atoms. The molecule has 2 heteroatoms. The maximum Gasteiger partial charge on any atom is 0.0418 e. The van der Waals surface area contributed by atoms with E-state index in [2.05, 4.69) is 62.5 Å². The Balaban J connectivity index is 2.00. The van der Waals surface area contributed by atoms with Gasteiger partial charge in [-0.15, -0.1) is 11.3 Å². The van der Waals surface area contributed by atoms with E-state index in [1.165, 1.54) is 33.7 Å². The maximum atomic E-state index is 3.69. The van der Waals surface area contributed by atoms with Gasteiger partial charge in [0.15, 0.2) is 0 Å². The van der Waals surface area contributed by atoms with Crippen molar-refractivity contribution in [3.8, 4) is 0 Å². The minimum atomic E-state index is 0.495. The van der Waals surface area contributed by atoms with E-state index < -0.39 is 0 Å². The van der Waals surface area contributed by atoms with Gasteiger partial charge in [-0.05, 0) is 57.4 Å². The van der Waals surface area contributed by atoms with Crippen LogP contribution in [0, 0.1) is 13.8 Å². The Morgan fingerprint density at radius 1 is 1.15 bits per heavy atom. The van der Waals surface area contributed by atoms with Crippen molar-refractivity contribution < 1.29 is 0 Å². The fourth-order valence-corrected chi connectivity index (χ4v) is 3.47. The first-order valence-electron chi connectivity index (χ1n) is 7.54. The number of benzene rings is 1. The van der Waals surface area contributed by atoms with Crippen molar-refractivity contribution in [3.05, 3.63) is 57.3 Å². The van der Waals surface area contributed by atoms with Crippen LogP contribution in [0.2, 0.25) is 0 Å². The molecule has 2 rings (SSSR count). The molecule has 1 aromatic heterocycles. The van der Waals surface area contributed by atoms with Gasteiger partial charge in [0.1, 0.15) is 0 Å². The van der Waals surface area contributed by atoms with E-state index in [0.717, 1.165) is 13.0 Å². The van der Waals surface area contributed by atoms with Crippen molar-refractivity contribution in [2.75, 3.05) is 6.54 Å². The van der Waals surface area contributed by atoms with Gasteiger partial charge in [-0.1, -0.05) is 36.8 Å². The highest BCUT2D eigenvalue weighted by molar-refractivity contribution is 7.12. The van der Waals surface area contributed by atoms with Crippen molar-refractivity contribution >= 4 is 11.3 Å². The van der Waals surface area contributed by atoms with Gasteiger partial charge in [0.25, 0.3) is 0 Å². The Morgan fingerprint density at radius 2 is 2.00 bits per heavy atom. The van der Waals surface area contributed by atoms with Crippen LogP contribution < -0.4 is 5.32 Å². The molecule has 0 saturated heterocycles. The van der Waals surface area contributed by atoms with Gasteiger partial charge < -0.3 is 5.32 Å². The zero-order chi connectivity index (χ0) is 14.4. The van der Waals surface area contributed by atoms with Crippen LogP contribution in [0.4, 0.5) is 0 Å². The first kappa shape index (κ1) is 15.3. The third kappa shape index (κ3) is 4.46. The summed E-state index contributed by atoms with van der Waals surface area (Å²) >= 11 is 1.92. The maximum absolute atomic E-state index is 3.69. The second-order valence-corrected chi connectivity index (χ2v) is 6.80. The Morgan fingerprint density at radius 3 is 2.65 bits per heavy atom. The van der Waals surface area contributed by atoms with Crippen LogP contribution >= 0.6 is 11.3 Å². The molecule has 0 fully saturated rings. The molecule has 1 N–H and O–H groups in total. The first-order chi connectivity index (χ1) is 9.69. The van der Waals surface area contributed by atoms with E-state index in [9.17, 15) is 0 Å². The highest BCUT2D eigenvalue weighted by atomic mass is 32.1. The molecule has 0 amide bonds. The van der Waals surface area contributed by atoms with Gasteiger partial charge in [0.05, 0.1) is 0 Å². The molecule has 1 unspecified atom stereocenters. The third-order valence-electron chi connectivity index (χ3n) is 3.55. The molecule has 0 spiro atoms. The van der Waals surface area contributed by atoms with E-state index in [0.29, 0.717) is 6.04 Å². The van der Waals surface area contributed by atoms with Gasteiger partial charge in [0, 0.05) is 15.8 Å². The molecular weight excluding hydrogens is 262 g/mol. The summed E-state index contributed by atoms with van der Waals surface area (Å²) in [5, 5.41) is 3.69. The summed E-state index contributed by atoms with van der Waals surface area (Å²) in [6.45, 7) is 7.67. The molecule has 1 aromatic carbocycles. The largest absolute Gasteiger partial charge is 0.309 e. The summed E-state index contributed by atoms with van der Waals surface area (Å²) in [6, 6.07) is 13.9. The standard InChI is InChI=1S/C18H25NS/c1-4-12-19-17(18-11-8-15(3)20-18)10-9-16-7-5-6-14(2)13-16/h5-8,11,13,17,19H,4,9-10,12H2,1-3H3. The first-order valence-corrected chi connectivity index (χ1v) is 8.36. The third-order valence-corrected chi connectivity index (χ3v) is 4.66. The lowest BCUT2D eigenvalue weighted by molar-refractivity contribution is 0.506. The number of hydrogen-bond acceptors (Lipinski definition) is 2. The molecule has 0 aliphatic rings. The van der Waals surface area contributed by atoms with Crippen molar-refractivity contribution in [3.63, 3.8) is 0 Å². The summed E-state index contributed by atoms with van der Waals surface area (Å²) in [4.78, 5) is 2.88. The molecule has 0 aliphatic heterocycles. The summed E-state index contributed by atoms with van der Waals surface area (Å²) in [5.74, 6) is 0. The highest BCUT2D eigenvalue weighted by Gasteiger charge is 2.12. The van der Waals surface area contributed by atoms with Gasteiger partial charge in [-0.3, -0.25) is 0 Å². The van der Waals surface area contributed by atoms with Crippen LogP contribution in [0.1, 0.15) is 46.7 Å². The van der Waals surface area contributed by atoms with E-state index in [1.807, 2.05) is 11.3 Å². The van der Waals surface area contributed by atoms with Crippen LogP contribution in [-0.2, 0) is 6.42 Å². The summed E-state index contributed by atoms with van der Waals surface area (Å²) in [5.41, 5.74) is 2.80. The minimum absolute atomic E-state index is 0.495. The minimum Gasteiger partial charge on any atom is -0.309 e. The molecule has 1 nitrogen and oxygen atoms in total. The lowest BCUT2D eigenvalue weighted by atomic mass is 10.0. The summed E-state index contributed by atoms with van der Waals surface area (Å²) < 4.78 is 0. The average molecular weight is 287 g/mol. The van der Waals surface area contributed by atoms with E-state index >= 15 is 0 Å². The monoisotopic (exact) mass is 287 g/mol. The van der Waals surface area contributed by atoms with Crippen LogP contribution in [0.15, 0.2) is 36.4 Å². The normalized spacial score (nSPS) is 12.6. The molecule has 1 atom stereocenters. The van der Waals surface area contributed by atoms with Crippen molar-refractivity contribution in [2.24, 2.45) is 0 Å². The lowest BCUT2D eigenvalue weighted by Gasteiger charge is -2.17. The Bertz CT molecular complexity index is 530. The molecule has 1 heterocycles. The second-order valence-electron chi connectivity index (χ2n) is 5.48. The average Bonchev–Trinajstić information content (AvgIpc) is 2.85. The SMILES string of the molecule is CCCNC(CCc1cccc(C)c1)c1ccc(C)s1. The summed E-state index contributed by atoms with van der Waals surface area (Å²) in [7, 11) is 0. The second kappa shape index (κ2) is 7.61. The Hall–Kier alpha value is -1.12. The van der Waals surface area contributed by atoms with Crippen LogP contribution in [0.25, 0.3) is 0 Å². The van der Waals surface area contributed by atoms with E-state index in [4.69, 9.17) is 0 Å². The van der Waals surface area contributed by atoms with Crippen molar-refractivity contribution in [2.45, 2.75) is 46.1 Å². The highest BCUT2D eigenvalue weighted by Crippen LogP contribution is 2.26. The van der Waals surface area contributed by atoms with Gasteiger partial charge in [-0.2, -0.15) is 0 Å². The molecular formula is C18H25NS. The topological polar surface area (TPSA) is 12.0 Å². The van der Waals surface area contributed by atoms with E-state index in [1.54, 1.807) is 0 Å². The fraction of sp³-hybridized carbons (Fsp3) is 0.444. The van der Waals surface area contributed by atoms with Crippen LogP contribution in [0.3, 0.4) is 0 Å². The molecule has 0 radical (unpaired) electrons. The molecule has 0 aliphatic carbocycles. The van der Waals surface area contributed by atoms with Crippen LogP contribution in [0.5, 0.6) is 0 Å². The van der Waals surface area contributed by atoms with Gasteiger partial charge in [0.2, 0.25) is 0 Å². The van der Waals surface area contributed by atoms with E-state index in [-0.39, 0.29) is 0 Å². The zero-order valence-electron chi connectivity index (χ0n) is 12.8. The van der Waals surface area contributed by atoms with Crippen molar-refractivity contribution in [1.29, 1.82) is 0 Å². The zero-order valence-corrected chi connectivity index (χ0v) is 13.6. The smallest absolute Gasteiger partial charge is 0.0418 e. The predicted octanol–water partition coefficient (Wildman–Crippen LogP) is 5.04. The van der Waals surface area contributed by atoms with Gasteiger partial charge in [-0.25, -0.2) is 0 Å². The number of aryl methyl sites for hydroxylation is 3. The summed E-state index contributed by atoms with van der Waals surface area (Å²) in [6.07, 6.45) is 3.49. The predicted molar refractivity (Wildman–Crippen MR) is 89.6 cm³/mol. The Kier molecular flexibility index (Phi) is 5.81. The number of hydrogen-bond donors (Lipinski definition) is 1. The number of rotatable bonds is 7. The molecule has 2 aromatic rings. The number of thiophene rings is 1. The molecule has 108 valence electrons. The lowest BCUT2D eigenvalue weighted by Crippen LogP contribution is -2.21. The fourth-order valence-electron chi connectivity index (χ4n) is 2.48.